The third-order valence-corrected chi connectivity index (χ3v) is 3.75. The normalized spacial score (nSPS) is 29.8. The topological polar surface area (TPSA) is 35.5 Å². The summed E-state index contributed by atoms with van der Waals surface area (Å²) in [5.41, 5.74) is 0. The van der Waals surface area contributed by atoms with E-state index in [1.54, 1.807) is 0 Å². The second kappa shape index (κ2) is 5.83. The van der Waals surface area contributed by atoms with Crippen molar-refractivity contribution in [2.45, 2.75) is 50.6 Å². The molecule has 3 nitrogen and oxygen atoms in total. The van der Waals surface area contributed by atoms with Gasteiger partial charge in [0.1, 0.15) is 0 Å². The Bertz CT molecular complexity index is 178. The van der Waals surface area contributed by atoms with E-state index in [1.807, 2.05) is 0 Å². The number of aliphatic hydroxyl groups excluding tert-OH is 1. The van der Waals surface area contributed by atoms with Crippen molar-refractivity contribution < 1.29 is 5.11 Å². The van der Waals surface area contributed by atoms with Crippen molar-refractivity contribution in [2.75, 3.05) is 26.2 Å². The Morgan fingerprint density at radius 1 is 1.07 bits per heavy atom. The van der Waals surface area contributed by atoms with Crippen molar-refractivity contribution in [3.05, 3.63) is 0 Å². The smallest absolute Gasteiger partial charge is 0.0558 e. The lowest BCUT2D eigenvalue weighted by Crippen LogP contribution is -2.49. The molecule has 1 heterocycles. The molecular weight excluding hydrogens is 188 g/mol. The van der Waals surface area contributed by atoms with E-state index in [-0.39, 0.29) is 0 Å². The van der Waals surface area contributed by atoms with Gasteiger partial charge in [-0.05, 0) is 32.2 Å². The molecule has 1 saturated carbocycles. The van der Waals surface area contributed by atoms with Crippen LogP contribution in [0.3, 0.4) is 0 Å². The number of hydrogen-bond donors (Lipinski definition) is 2. The molecule has 2 fully saturated rings. The Morgan fingerprint density at radius 3 is 2.53 bits per heavy atom. The largest absolute Gasteiger partial charge is 0.395 e. The molecule has 2 rings (SSSR count). The maximum absolute atomic E-state index is 8.93. The van der Waals surface area contributed by atoms with Crippen molar-refractivity contribution in [1.82, 2.24) is 10.2 Å². The molecule has 15 heavy (non-hydrogen) atoms. The minimum atomic E-state index is 0.302. The van der Waals surface area contributed by atoms with Gasteiger partial charge in [-0.2, -0.15) is 0 Å². The number of β-amino-alcohol motifs (C(OH)–C–C–N with tert-alkyl or cyclic N) is 1. The van der Waals surface area contributed by atoms with Gasteiger partial charge in [0.25, 0.3) is 0 Å². The first-order valence-electron chi connectivity index (χ1n) is 6.48. The number of nitrogens with zero attached hydrogens (tertiary/aromatic N) is 1. The van der Waals surface area contributed by atoms with Gasteiger partial charge in [0.05, 0.1) is 6.61 Å². The van der Waals surface area contributed by atoms with Gasteiger partial charge in [-0.15, -0.1) is 0 Å². The standard InChI is InChI=1S/C12H24N2O/c15-9-8-14-7-3-6-12(10-14)13-11-4-1-2-5-11/h11-13,15H,1-10H2. The van der Waals surface area contributed by atoms with Crippen LogP contribution in [0.1, 0.15) is 38.5 Å². The van der Waals surface area contributed by atoms with Gasteiger partial charge in [0.2, 0.25) is 0 Å². The van der Waals surface area contributed by atoms with Gasteiger partial charge in [-0.25, -0.2) is 0 Å². The highest BCUT2D eigenvalue weighted by atomic mass is 16.3. The van der Waals surface area contributed by atoms with Crippen LogP contribution in [0.5, 0.6) is 0 Å². The minimum absolute atomic E-state index is 0.302. The van der Waals surface area contributed by atoms with E-state index in [9.17, 15) is 0 Å². The maximum Gasteiger partial charge on any atom is 0.0558 e. The van der Waals surface area contributed by atoms with Crippen molar-refractivity contribution in [1.29, 1.82) is 0 Å². The van der Waals surface area contributed by atoms with Crippen LogP contribution in [0, 0.1) is 0 Å². The summed E-state index contributed by atoms with van der Waals surface area (Å²) in [5, 5.41) is 12.7. The van der Waals surface area contributed by atoms with Crippen molar-refractivity contribution in [3.63, 3.8) is 0 Å². The molecule has 1 atom stereocenters. The van der Waals surface area contributed by atoms with Crippen LogP contribution in [-0.2, 0) is 0 Å². The second-order valence-electron chi connectivity index (χ2n) is 5.01. The lowest BCUT2D eigenvalue weighted by atomic mass is 10.0. The van der Waals surface area contributed by atoms with E-state index in [0.29, 0.717) is 12.6 Å². The molecule has 0 spiro atoms. The van der Waals surface area contributed by atoms with Gasteiger partial charge < -0.3 is 10.4 Å². The van der Waals surface area contributed by atoms with Gasteiger partial charge in [0, 0.05) is 25.2 Å². The van der Waals surface area contributed by atoms with Gasteiger partial charge in [-0.3, -0.25) is 4.90 Å². The summed E-state index contributed by atoms with van der Waals surface area (Å²) < 4.78 is 0. The molecule has 2 aliphatic rings. The van der Waals surface area contributed by atoms with Crippen molar-refractivity contribution in [3.8, 4) is 0 Å². The number of nitrogens with one attached hydrogen (secondary N) is 1. The fourth-order valence-corrected chi connectivity index (χ4v) is 2.96. The molecule has 88 valence electrons. The summed E-state index contributed by atoms with van der Waals surface area (Å²) in [7, 11) is 0. The Morgan fingerprint density at radius 2 is 1.80 bits per heavy atom. The lowest BCUT2D eigenvalue weighted by Gasteiger charge is -2.34. The van der Waals surface area contributed by atoms with Crippen LogP contribution in [0.25, 0.3) is 0 Å². The maximum atomic E-state index is 8.93. The summed E-state index contributed by atoms with van der Waals surface area (Å²) in [5.74, 6) is 0. The van der Waals surface area contributed by atoms with Crippen LogP contribution in [0.2, 0.25) is 0 Å². The second-order valence-corrected chi connectivity index (χ2v) is 5.01. The first-order chi connectivity index (χ1) is 7.38. The van der Waals surface area contributed by atoms with Crippen molar-refractivity contribution in [2.24, 2.45) is 0 Å². The number of aliphatic hydroxyl groups is 1. The number of likely N-dealkylation sites (tertiary alicyclic amines) is 1. The predicted molar refractivity (Wildman–Crippen MR) is 61.9 cm³/mol. The minimum Gasteiger partial charge on any atom is -0.395 e. The third-order valence-electron chi connectivity index (χ3n) is 3.75. The fourth-order valence-electron chi connectivity index (χ4n) is 2.96. The van der Waals surface area contributed by atoms with E-state index in [1.165, 1.54) is 45.1 Å². The van der Waals surface area contributed by atoms with E-state index < -0.39 is 0 Å². The third kappa shape index (κ3) is 3.44. The lowest BCUT2D eigenvalue weighted by molar-refractivity contribution is 0.147. The van der Waals surface area contributed by atoms with E-state index in [4.69, 9.17) is 5.11 Å². The van der Waals surface area contributed by atoms with Crippen molar-refractivity contribution >= 4 is 0 Å². The summed E-state index contributed by atoms with van der Waals surface area (Å²) in [6.45, 7) is 3.46. The first kappa shape index (κ1) is 11.4. The zero-order valence-electron chi connectivity index (χ0n) is 9.62. The number of hydrogen-bond acceptors (Lipinski definition) is 3. The molecule has 0 amide bonds. The number of piperidine rings is 1. The summed E-state index contributed by atoms with van der Waals surface area (Å²) >= 11 is 0. The van der Waals surface area contributed by atoms with Gasteiger partial charge in [0.15, 0.2) is 0 Å². The molecule has 2 N–H and O–H groups in total. The zero-order chi connectivity index (χ0) is 10.5. The number of rotatable bonds is 4. The quantitative estimate of drug-likeness (QED) is 0.729. The predicted octanol–water partition coefficient (Wildman–Crippen LogP) is 0.975. The first-order valence-corrected chi connectivity index (χ1v) is 6.48. The van der Waals surface area contributed by atoms with Crippen LogP contribution < -0.4 is 5.32 Å². The zero-order valence-corrected chi connectivity index (χ0v) is 9.62. The average molecular weight is 212 g/mol. The molecule has 1 unspecified atom stereocenters. The Balaban J connectivity index is 1.71. The molecule has 0 aromatic rings. The monoisotopic (exact) mass is 212 g/mol. The molecule has 0 radical (unpaired) electrons. The molecule has 0 aromatic heterocycles. The van der Waals surface area contributed by atoms with E-state index in [0.717, 1.165) is 19.1 Å². The van der Waals surface area contributed by atoms with Gasteiger partial charge >= 0.3 is 0 Å². The van der Waals surface area contributed by atoms with Gasteiger partial charge in [-0.1, -0.05) is 12.8 Å². The SMILES string of the molecule is OCCN1CCCC(NC2CCCC2)C1. The highest BCUT2D eigenvalue weighted by Crippen LogP contribution is 2.20. The van der Waals surface area contributed by atoms with E-state index in [2.05, 4.69) is 10.2 Å². The average Bonchev–Trinajstić information content (AvgIpc) is 2.71. The summed E-state index contributed by atoms with van der Waals surface area (Å²) in [4.78, 5) is 2.39. The van der Waals surface area contributed by atoms with Crippen LogP contribution in [0.15, 0.2) is 0 Å². The molecule has 1 saturated heterocycles. The molecule has 0 bridgehead atoms. The van der Waals surface area contributed by atoms with Crippen LogP contribution in [0.4, 0.5) is 0 Å². The molecule has 0 aromatic carbocycles. The summed E-state index contributed by atoms with van der Waals surface area (Å²) in [6, 6.07) is 1.46. The molecular formula is C12H24N2O. The summed E-state index contributed by atoms with van der Waals surface area (Å²) in [6.07, 6.45) is 8.16. The van der Waals surface area contributed by atoms with Crippen LogP contribution in [-0.4, -0.2) is 48.3 Å². The van der Waals surface area contributed by atoms with Crippen LogP contribution >= 0.6 is 0 Å². The Hall–Kier alpha value is -0.120. The fraction of sp³-hybridized carbons (Fsp3) is 1.00. The molecule has 1 aliphatic carbocycles. The Labute approximate surface area is 92.8 Å². The Kier molecular flexibility index (Phi) is 4.42. The molecule has 1 aliphatic heterocycles. The highest BCUT2D eigenvalue weighted by molar-refractivity contribution is 4.83. The molecule has 3 heteroatoms. The highest BCUT2D eigenvalue weighted by Gasteiger charge is 2.23. The van der Waals surface area contributed by atoms with E-state index >= 15 is 0 Å².